The Hall–Kier alpha value is -0.570. The van der Waals surface area contributed by atoms with Crippen LogP contribution in [-0.2, 0) is 9.53 Å². The lowest BCUT2D eigenvalue weighted by Gasteiger charge is -2.24. The first-order chi connectivity index (χ1) is 5.74. The number of esters is 1. The van der Waals surface area contributed by atoms with Gasteiger partial charge < -0.3 is 10.1 Å². The highest BCUT2D eigenvalue weighted by atomic mass is 16.5. The summed E-state index contributed by atoms with van der Waals surface area (Å²) in [5.74, 6) is -0.0562. The summed E-state index contributed by atoms with van der Waals surface area (Å²) in [5, 5.41) is 3.42. The first kappa shape index (κ1) is 8.05. The van der Waals surface area contributed by atoms with E-state index in [1.54, 1.807) is 0 Å². The van der Waals surface area contributed by atoms with Gasteiger partial charge in [-0.1, -0.05) is 0 Å². The van der Waals surface area contributed by atoms with E-state index in [0.717, 1.165) is 6.54 Å². The van der Waals surface area contributed by atoms with Crippen LogP contribution < -0.4 is 5.32 Å². The third-order valence-electron chi connectivity index (χ3n) is 3.22. The van der Waals surface area contributed by atoms with E-state index in [9.17, 15) is 4.79 Å². The summed E-state index contributed by atoms with van der Waals surface area (Å²) in [6, 6.07) is 0.676. The summed E-state index contributed by atoms with van der Waals surface area (Å²) in [6.07, 6.45) is 4.20. The number of ether oxygens (including phenoxy) is 1. The minimum atomic E-state index is -0.0562. The van der Waals surface area contributed by atoms with Crippen LogP contribution in [0.3, 0.4) is 0 Å². The molecule has 1 N–H and O–H groups in total. The van der Waals surface area contributed by atoms with Gasteiger partial charge in [0.1, 0.15) is 0 Å². The Morgan fingerprint density at radius 1 is 1.75 bits per heavy atom. The fourth-order valence-electron chi connectivity index (χ4n) is 2.50. The Kier molecular flexibility index (Phi) is 1.83. The molecule has 12 heavy (non-hydrogen) atoms. The molecule has 1 aliphatic carbocycles. The van der Waals surface area contributed by atoms with Crippen molar-refractivity contribution in [1.29, 1.82) is 0 Å². The number of carbonyl (C=O) groups is 1. The van der Waals surface area contributed by atoms with E-state index >= 15 is 0 Å². The summed E-state index contributed by atoms with van der Waals surface area (Å²) >= 11 is 0. The van der Waals surface area contributed by atoms with Crippen molar-refractivity contribution in [2.45, 2.75) is 31.7 Å². The molecule has 1 heterocycles. The van der Waals surface area contributed by atoms with Crippen LogP contribution in [0.15, 0.2) is 0 Å². The van der Waals surface area contributed by atoms with Crippen molar-refractivity contribution in [3.8, 4) is 0 Å². The fourth-order valence-corrected chi connectivity index (χ4v) is 2.50. The SMILES string of the molecule is COC(=O)CC12CCC(C1)NC2. The molecule has 2 atom stereocenters. The van der Waals surface area contributed by atoms with Gasteiger partial charge in [-0.25, -0.2) is 0 Å². The lowest BCUT2D eigenvalue weighted by atomic mass is 9.84. The highest BCUT2D eigenvalue weighted by Crippen LogP contribution is 2.45. The van der Waals surface area contributed by atoms with Gasteiger partial charge in [-0.2, -0.15) is 0 Å². The van der Waals surface area contributed by atoms with Crippen LogP contribution in [-0.4, -0.2) is 25.7 Å². The van der Waals surface area contributed by atoms with Crippen molar-refractivity contribution in [3.63, 3.8) is 0 Å². The van der Waals surface area contributed by atoms with E-state index in [1.807, 2.05) is 0 Å². The van der Waals surface area contributed by atoms with Crippen molar-refractivity contribution in [2.24, 2.45) is 5.41 Å². The first-order valence-corrected chi connectivity index (χ1v) is 4.54. The molecule has 0 aromatic carbocycles. The highest BCUT2D eigenvalue weighted by molar-refractivity contribution is 5.70. The summed E-state index contributed by atoms with van der Waals surface area (Å²) < 4.78 is 4.69. The molecule has 2 rings (SSSR count). The number of methoxy groups -OCH3 is 1. The molecule has 0 amide bonds. The fraction of sp³-hybridized carbons (Fsp3) is 0.889. The summed E-state index contributed by atoms with van der Waals surface area (Å²) in [7, 11) is 1.47. The zero-order chi connectivity index (χ0) is 8.60. The minimum Gasteiger partial charge on any atom is -0.469 e. The maximum absolute atomic E-state index is 11.1. The molecule has 3 heteroatoms. The zero-order valence-corrected chi connectivity index (χ0v) is 7.43. The molecule has 0 radical (unpaired) electrons. The summed E-state index contributed by atoms with van der Waals surface area (Å²) in [5.41, 5.74) is 0.248. The zero-order valence-electron chi connectivity index (χ0n) is 7.43. The average molecular weight is 169 g/mol. The van der Waals surface area contributed by atoms with E-state index in [4.69, 9.17) is 4.74 Å². The molecule has 3 nitrogen and oxygen atoms in total. The normalized spacial score (nSPS) is 38.6. The molecule has 2 fully saturated rings. The second kappa shape index (κ2) is 2.73. The number of rotatable bonds is 2. The van der Waals surface area contributed by atoms with Gasteiger partial charge in [0, 0.05) is 12.6 Å². The quantitative estimate of drug-likeness (QED) is 0.618. The smallest absolute Gasteiger partial charge is 0.306 e. The van der Waals surface area contributed by atoms with Crippen LogP contribution in [0.1, 0.15) is 25.7 Å². The molecule has 2 unspecified atom stereocenters. The van der Waals surface area contributed by atoms with Crippen LogP contribution in [0.2, 0.25) is 0 Å². The third kappa shape index (κ3) is 1.22. The van der Waals surface area contributed by atoms with Crippen molar-refractivity contribution in [2.75, 3.05) is 13.7 Å². The monoisotopic (exact) mass is 169 g/mol. The van der Waals surface area contributed by atoms with Gasteiger partial charge in [0.15, 0.2) is 0 Å². The number of carbonyl (C=O) groups excluding carboxylic acids is 1. The number of piperidine rings is 1. The first-order valence-electron chi connectivity index (χ1n) is 4.54. The second-order valence-corrected chi connectivity index (χ2v) is 4.07. The highest BCUT2D eigenvalue weighted by Gasteiger charge is 2.45. The van der Waals surface area contributed by atoms with E-state index in [1.165, 1.54) is 26.4 Å². The van der Waals surface area contributed by atoms with Crippen molar-refractivity contribution in [1.82, 2.24) is 5.32 Å². The average Bonchev–Trinajstić information content (AvgIpc) is 2.63. The molecule has 68 valence electrons. The maximum atomic E-state index is 11.1. The summed E-state index contributed by atoms with van der Waals surface area (Å²) in [4.78, 5) is 11.1. The molecule has 2 bridgehead atoms. The molecule has 1 saturated heterocycles. The van der Waals surface area contributed by atoms with Crippen LogP contribution in [0.4, 0.5) is 0 Å². The minimum absolute atomic E-state index is 0.0562. The maximum Gasteiger partial charge on any atom is 0.306 e. The lowest BCUT2D eigenvalue weighted by Crippen LogP contribution is -2.31. The Morgan fingerprint density at radius 3 is 3.00 bits per heavy atom. The van der Waals surface area contributed by atoms with Crippen molar-refractivity contribution < 1.29 is 9.53 Å². The standard InChI is InChI=1S/C9H15NO2/c1-12-8(11)5-9-3-2-7(4-9)10-6-9/h7,10H,2-6H2,1H3. The van der Waals surface area contributed by atoms with Gasteiger partial charge >= 0.3 is 5.97 Å². The van der Waals surface area contributed by atoms with Gasteiger partial charge in [0.2, 0.25) is 0 Å². The summed E-state index contributed by atoms with van der Waals surface area (Å²) in [6.45, 7) is 1.01. The Morgan fingerprint density at radius 2 is 2.58 bits per heavy atom. The van der Waals surface area contributed by atoms with E-state index in [2.05, 4.69) is 5.32 Å². The molecule has 0 spiro atoms. The second-order valence-electron chi connectivity index (χ2n) is 4.07. The number of hydrogen-bond acceptors (Lipinski definition) is 3. The predicted octanol–water partition coefficient (Wildman–Crippen LogP) is 0.692. The topological polar surface area (TPSA) is 38.3 Å². The number of hydrogen-bond donors (Lipinski definition) is 1. The van der Waals surface area contributed by atoms with Crippen molar-refractivity contribution in [3.05, 3.63) is 0 Å². The van der Waals surface area contributed by atoms with Crippen LogP contribution in [0.25, 0.3) is 0 Å². The van der Waals surface area contributed by atoms with Crippen molar-refractivity contribution >= 4 is 5.97 Å². The van der Waals surface area contributed by atoms with E-state index in [0.29, 0.717) is 12.5 Å². The Balaban J connectivity index is 1.98. The molecule has 2 aliphatic rings. The lowest BCUT2D eigenvalue weighted by molar-refractivity contribution is -0.143. The van der Waals surface area contributed by atoms with Gasteiger partial charge in [0.25, 0.3) is 0 Å². The van der Waals surface area contributed by atoms with Gasteiger partial charge in [0.05, 0.1) is 13.5 Å². The molecule has 0 aromatic rings. The number of nitrogens with one attached hydrogen (secondary N) is 1. The van der Waals surface area contributed by atoms with Crippen LogP contribution >= 0.6 is 0 Å². The molecule has 0 aromatic heterocycles. The van der Waals surface area contributed by atoms with Crippen LogP contribution in [0.5, 0.6) is 0 Å². The third-order valence-corrected chi connectivity index (χ3v) is 3.22. The van der Waals surface area contributed by atoms with E-state index < -0.39 is 0 Å². The van der Waals surface area contributed by atoms with Crippen LogP contribution in [0, 0.1) is 5.41 Å². The van der Waals surface area contributed by atoms with Gasteiger partial charge in [-0.3, -0.25) is 4.79 Å². The predicted molar refractivity (Wildman–Crippen MR) is 44.7 cm³/mol. The molecular weight excluding hydrogens is 154 g/mol. The largest absolute Gasteiger partial charge is 0.469 e. The molecule has 1 saturated carbocycles. The molecular formula is C9H15NO2. The Bertz CT molecular complexity index is 195. The molecule has 1 aliphatic heterocycles. The van der Waals surface area contributed by atoms with E-state index in [-0.39, 0.29) is 11.4 Å². The number of fused-ring (bicyclic) bond motifs is 2. The van der Waals surface area contributed by atoms with Gasteiger partial charge in [-0.15, -0.1) is 0 Å². The Labute approximate surface area is 72.5 Å². The van der Waals surface area contributed by atoms with Gasteiger partial charge in [-0.05, 0) is 24.7 Å².